The van der Waals surface area contributed by atoms with E-state index < -0.39 is 8.32 Å². The van der Waals surface area contributed by atoms with Crippen molar-refractivity contribution in [1.29, 1.82) is 0 Å². The molecule has 0 saturated heterocycles. The smallest absolute Gasteiger partial charge is 0.261 e. The number of hydrogen-bond donors (Lipinski definition) is 1. The Kier molecular flexibility index (Phi) is 9.70. The van der Waals surface area contributed by atoms with E-state index in [0.717, 1.165) is 13.1 Å². The number of rotatable bonds is 12. The van der Waals surface area contributed by atoms with Gasteiger partial charge in [-0.15, -0.1) is 0 Å². The van der Waals surface area contributed by atoms with E-state index in [0.29, 0.717) is 13.0 Å². The van der Waals surface area contributed by atoms with Gasteiger partial charge in [-0.3, -0.25) is 4.90 Å². The lowest BCUT2D eigenvalue weighted by atomic mass is 10.1. The third-order valence-electron chi connectivity index (χ3n) is 7.34. The van der Waals surface area contributed by atoms with Crippen molar-refractivity contribution < 1.29 is 9.53 Å². The van der Waals surface area contributed by atoms with E-state index in [1.807, 2.05) is 0 Å². The summed E-state index contributed by atoms with van der Waals surface area (Å²) in [7, 11) is -2.68. The van der Waals surface area contributed by atoms with Crippen LogP contribution >= 0.6 is 0 Å². The summed E-state index contributed by atoms with van der Waals surface area (Å²) in [5.41, 5.74) is 2.52. The van der Waals surface area contributed by atoms with Gasteiger partial charge < -0.3 is 9.53 Å². The molecule has 0 aliphatic carbocycles. The molecule has 0 spiro atoms. The summed E-state index contributed by atoms with van der Waals surface area (Å²) in [6, 6.07) is 42.8. The summed E-state index contributed by atoms with van der Waals surface area (Å²) in [5.74, 6) is 0. The van der Waals surface area contributed by atoms with Crippen LogP contribution in [0.4, 0.5) is 0 Å². The van der Waals surface area contributed by atoms with E-state index in [1.54, 1.807) is 0 Å². The minimum Gasteiger partial charge on any atom is -0.406 e. The third-order valence-corrected chi connectivity index (χ3v) is 12.3. The molecular formula is C34H41NO2Si. The zero-order valence-corrected chi connectivity index (χ0v) is 24.0. The second-order valence-corrected chi connectivity index (χ2v) is 15.3. The van der Waals surface area contributed by atoms with Crippen molar-refractivity contribution in [2.45, 2.75) is 51.4 Å². The highest BCUT2D eigenvalue weighted by atomic mass is 28.4. The van der Waals surface area contributed by atoms with Crippen LogP contribution < -0.4 is 10.4 Å². The molecule has 0 bridgehead atoms. The molecule has 0 aromatic heterocycles. The molecule has 0 fully saturated rings. The van der Waals surface area contributed by atoms with E-state index in [9.17, 15) is 5.11 Å². The molecule has 3 nitrogen and oxygen atoms in total. The molecule has 1 atom stereocenters. The van der Waals surface area contributed by atoms with Crippen LogP contribution in [-0.4, -0.2) is 37.6 Å². The Morgan fingerprint density at radius 1 is 0.658 bits per heavy atom. The van der Waals surface area contributed by atoms with Crippen LogP contribution in [0.15, 0.2) is 121 Å². The van der Waals surface area contributed by atoms with E-state index in [2.05, 4.69) is 147 Å². The van der Waals surface area contributed by atoms with Crippen molar-refractivity contribution in [2.75, 3.05) is 13.2 Å². The van der Waals surface area contributed by atoms with Crippen LogP contribution in [0.3, 0.4) is 0 Å². The van der Waals surface area contributed by atoms with Gasteiger partial charge in [0.05, 0.1) is 6.61 Å². The van der Waals surface area contributed by atoms with Gasteiger partial charge in [0, 0.05) is 25.7 Å². The highest BCUT2D eigenvalue weighted by Crippen LogP contribution is 2.37. The first-order valence-corrected chi connectivity index (χ1v) is 15.5. The van der Waals surface area contributed by atoms with E-state index >= 15 is 0 Å². The van der Waals surface area contributed by atoms with Gasteiger partial charge in [0.1, 0.15) is 0 Å². The molecular weight excluding hydrogens is 482 g/mol. The average molecular weight is 524 g/mol. The largest absolute Gasteiger partial charge is 0.406 e. The Morgan fingerprint density at radius 2 is 1.05 bits per heavy atom. The van der Waals surface area contributed by atoms with Crippen LogP contribution in [-0.2, 0) is 17.5 Å². The minimum atomic E-state index is -2.68. The maximum atomic E-state index is 10.2. The predicted molar refractivity (Wildman–Crippen MR) is 161 cm³/mol. The number of aliphatic hydroxyl groups is 1. The van der Waals surface area contributed by atoms with E-state index in [1.165, 1.54) is 21.5 Å². The summed E-state index contributed by atoms with van der Waals surface area (Å²) in [6.45, 7) is 9.20. The first kappa shape index (κ1) is 28.0. The summed E-state index contributed by atoms with van der Waals surface area (Å²) in [5, 5.41) is 12.6. The standard InChI is InChI=1S/C34H41NO2Si/c1-34(2,3)38(32-20-12-6-13-21-32,33-22-14-7-15-23-33)37-28-31(24-25-36)35(26-29-16-8-4-9-17-29)27-30-18-10-5-11-19-30/h4-23,31,36H,24-28H2,1-3H3/t31-/m0/s1. The number of aliphatic hydroxyl groups excluding tert-OH is 1. The highest BCUT2D eigenvalue weighted by molar-refractivity contribution is 6.99. The molecule has 0 saturated carbocycles. The van der Waals surface area contributed by atoms with Crippen molar-refractivity contribution in [3.63, 3.8) is 0 Å². The van der Waals surface area contributed by atoms with Gasteiger partial charge >= 0.3 is 0 Å². The van der Waals surface area contributed by atoms with E-state index in [4.69, 9.17) is 4.43 Å². The normalized spacial score (nSPS) is 13.0. The molecule has 0 aliphatic rings. The Labute approximate surface area is 229 Å². The molecule has 4 aromatic rings. The lowest BCUT2D eigenvalue weighted by Crippen LogP contribution is -2.67. The molecule has 4 rings (SSSR count). The Morgan fingerprint density at radius 3 is 1.42 bits per heavy atom. The number of hydrogen-bond acceptors (Lipinski definition) is 3. The van der Waals surface area contributed by atoms with Gasteiger partial charge in [-0.05, 0) is 33.0 Å². The Bertz CT molecular complexity index is 1130. The van der Waals surface area contributed by atoms with Crippen molar-refractivity contribution in [2.24, 2.45) is 0 Å². The molecule has 0 heterocycles. The summed E-state index contributed by atoms with van der Waals surface area (Å²) < 4.78 is 7.32. The topological polar surface area (TPSA) is 32.7 Å². The Balaban J connectivity index is 1.72. The van der Waals surface area contributed by atoms with Crippen molar-refractivity contribution >= 4 is 18.7 Å². The van der Waals surface area contributed by atoms with Gasteiger partial charge in [-0.1, -0.05) is 142 Å². The first-order valence-electron chi connectivity index (χ1n) is 13.6. The van der Waals surface area contributed by atoms with Gasteiger partial charge in [0.2, 0.25) is 0 Å². The molecule has 0 unspecified atom stereocenters. The van der Waals surface area contributed by atoms with Gasteiger partial charge in [-0.25, -0.2) is 0 Å². The lowest BCUT2D eigenvalue weighted by molar-refractivity contribution is 0.0930. The van der Waals surface area contributed by atoms with Crippen LogP contribution in [0.25, 0.3) is 0 Å². The van der Waals surface area contributed by atoms with Gasteiger partial charge in [0.25, 0.3) is 8.32 Å². The second-order valence-electron chi connectivity index (χ2n) is 11.0. The molecule has 38 heavy (non-hydrogen) atoms. The second kappa shape index (κ2) is 13.2. The SMILES string of the molecule is CC(C)(C)[Si](OC[C@H](CCO)N(Cc1ccccc1)Cc1ccccc1)(c1ccccc1)c1ccccc1. The highest BCUT2D eigenvalue weighted by Gasteiger charge is 2.50. The van der Waals surface area contributed by atoms with E-state index in [-0.39, 0.29) is 17.7 Å². The Hall–Kier alpha value is -3.02. The lowest BCUT2D eigenvalue weighted by Gasteiger charge is -2.44. The first-order chi connectivity index (χ1) is 18.4. The fourth-order valence-electron chi connectivity index (χ4n) is 5.45. The quantitative estimate of drug-likeness (QED) is 0.231. The number of benzene rings is 4. The maximum absolute atomic E-state index is 10.2. The molecule has 0 amide bonds. The maximum Gasteiger partial charge on any atom is 0.261 e. The van der Waals surface area contributed by atoms with Crippen LogP contribution in [0.5, 0.6) is 0 Å². The average Bonchev–Trinajstić information content (AvgIpc) is 2.94. The van der Waals surface area contributed by atoms with Gasteiger partial charge in [0.15, 0.2) is 0 Å². The number of nitrogens with zero attached hydrogens (tertiary/aromatic N) is 1. The summed E-state index contributed by atoms with van der Waals surface area (Å²) >= 11 is 0. The molecule has 1 N–H and O–H groups in total. The minimum absolute atomic E-state index is 0.0575. The van der Waals surface area contributed by atoms with Crippen LogP contribution in [0.1, 0.15) is 38.3 Å². The summed E-state index contributed by atoms with van der Waals surface area (Å²) in [4.78, 5) is 2.47. The monoisotopic (exact) mass is 523 g/mol. The zero-order chi connectivity index (χ0) is 26.8. The molecule has 198 valence electrons. The van der Waals surface area contributed by atoms with Crippen LogP contribution in [0, 0.1) is 0 Å². The van der Waals surface area contributed by atoms with Crippen molar-refractivity contribution in [3.8, 4) is 0 Å². The molecule has 0 aliphatic heterocycles. The van der Waals surface area contributed by atoms with Crippen molar-refractivity contribution in [3.05, 3.63) is 132 Å². The zero-order valence-electron chi connectivity index (χ0n) is 23.0. The van der Waals surface area contributed by atoms with Crippen LogP contribution in [0.2, 0.25) is 5.04 Å². The van der Waals surface area contributed by atoms with Crippen molar-refractivity contribution in [1.82, 2.24) is 4.90 Å². The summed E-state index contributed by atoms with van der Waals surface area (Å²) in [6.07, 6.45) is 0.651. The molecule has 4 aromatic carbocycles. The third kappa shape index (κ3) is 6.69. The predicted octanol–water partition coefficient (Wildman–Crippen LogP) is 6.02. The fourth-order valence-corrected chi connectivity index (χ4v) is 10.1. The molecule has 0 radical (unpaired) electrons. The fraction of sp³-hybridized carbons (Fsp3) is 0.294. The molecule has 4 heteroatoms. The van der Waals surface area contributed by atoms with Gasteiger partial charge in [-0.2, -0.15) is 0 Å².